The van der Waals surface area contributed by atoms with Gasteiger partial charge in [0, 0.05) is 22.6 Å². The van der Waals surface area contributed by atoms with Crippen molar-refractivity contribution in [2.75, 3.05) is 18.4 Å². The molecule has 2 aliphatic rings. The number of halogens is 1. The van der Waals surface area contributed by atoms with Crippen LogP contribution in [0.15, 0.2) is 21.5 Å². The first-order chi connectivity index (χ1) is 10.5. The topological polar surface area (TPSA) is 87.3 Å². The van der Waals surface area contributed by atoms with Crippen molar-refractivity contribution < 1.29 is 13.2 Å². The highest BCUT2D eigenvalue weighted by atomic mass is 79.9. The largest absolute Gasteiger partial charge is 0.326 e. The highest BCUT2D eigenvalue weighted by Crippen LogP contribution is 2.32. The molecule has 120 valence electrons. The maximum atomic E-state index is 12.6. The quantitative estimate of drug-likeness (QED) is 0.730. The van der Waals surface area contributed by atoms with Gasteiger partial charge in [0.25, 0.3) is 0 Å². The second kappa shape index (κ2) is 6.27. The minimum Gasteiger partial charge on any atom is -0.326 e. The maximum Gasteiger partial charge on any atom is 0.242 e. The van der Waals surface area contributed by atoms with Crippen molar-refractivity contribution in [2.24, 2.45) is 0 Å². The number of fused-ring (bicyclic) bond motifs is 1. The molecule has 0 bridgehead atoms. The van der Waals surface area contributed by atoms with Gasteiger partial charge in [-0.3, -0.25) is 4.79 Å². The molecule has 0 unspecified atom stereocenters. The lowest BCUT2D eigenvalue weighted by molar-refractivity contribution is -0.116. The van der Waals surface area contributed by atoms with Gasteiger partial charge in [0.15, 0.2) is 0 Å². The third kappa shape index (κ3) is 3.34. The van der Waals surface area contributed by atoms with Gasteiger partial charge in [-0.15, -0.1) is 0 Å². The fourth-order valence-corrected chi connectivity index (χ4v) is 5.23. The molecule has 0 spiro atoms. The summed E-state index contributed by atoms with van der Waals surface area (Å²) in [5.41, 5.74) is 1.54. The fourth-order valence-electron chi connectivity index (χ4n) is 2.81. The standard InChI is InChI=1S/C14H18BrN3O3S/c15-11-7-9-1-2-14(19)17-12(9)8-13(11)22(20,21)18-10-3-5-16-6-4-10/h7-8,10,16,18H,1-6H2,(H,17,19). The summed E-state index contributed by atoms with van der Waals surface area (Å²) < 4.78 is 28.5. The SMILES string of the molecule is O=C1CCc2cc(Br)c(S(=O)(=O)NC3CCNCC3)cc2N1. The van der Waals surface area contributed by atoms with E-state index in [9.17, 15) is 13.2 Å². The first kappa shape index (κ1) is 15.9. The van der Waals surface area contributed by atoms with Crippen LogP contribution in [0.5, 0.6) is 0 Å². The predicted molar refractivity (Wildman–Crippen MR) is 87.3 cm³/mol. The van der Waals surface area contributed by atoms with Crippen LogP contribution in [-0.4, -0.2) is 33.5 Å². The molecule has 0 atom stereocenters. The number of piperidine rings is 1. The van der Waals surface area contributed by atoms with Gasteiger partial charge >= 0.3 is 0 Å². The molecule has 2 aliphatic heterocycles. The normalized spacial score (nSPS) is 19.6. The number of carbonyl (C=O) groups excluding carboxylic acids is 1. The Bertz CT molecular complexity index is 700. The number of nitrogens with one attached hydrogen (secondary N) is 3. The van der Waals surface area contributed by atoms with E-state index < -0.39 is 10.0 Å². The van der Waals surface area contributed by atoms with Crippen molar-refractivity contribution in [3.05, 3.63) is 22.2 Å². The smallest absolute Gasteiger partial charge is 0.242 e. The monoisotopic (exact) mass is 387 g/mol. The molecule has 3 N–H and O–H groups in total. The Morgan fingerprint density at radius 1 is 1.18 bits per heavy atom. The van der Waals surface area contributed by atoms with E-state index in [1.807, 2.05) is 0 Å². The number of sulfonamides is 1. The molecule has 8 heteroatoms. The number of hydrogen-bond donors (Lipinski definition) is 3. The Morgan fingerprint density at radius 3 is 2.64 bits per heavy atom. The molecule has 1 aromatic rings. The Kier molecular flexibility index (Phi) is 4.54. The summed E-state index contributed by atoms with van der Waals surface area (Å²) in [4.78, 5) is 11.7. The van der Waals surface area contributed by atoms with E-state index in [2.05, 4.69) is 31.3 Å². The zero-order chi connectivity index (χ0) is 15.7. The minimum absolute atomic E-state index is 0.0521. The number of amides is 1. The van der Waals surface area contributed by atoms with Crippen molar-refractivity contribution in [2.45, 2.75) is 36.6 Å². The van der Waals surface area contributed by atoms with Crippen molar-refractivity contribution in [3.8, 4) is 0 Å². The molecule has 3 rings (SSSR count). The highest BCUT2D eigenvalue weighted by molar-refractivity contribution is 9.10. The maximum absolute atomic E-state index is 12.6. The summed E-state index contributed by atoms with van der Waals surface area (Å²) in [5, 5.41) is 5.95. The third-order valence-corrected chi connectivity index (χ3v) is 6.48. The summed E-state index contributed by atoms with van der Waals surface area (Å²) >= 11 is 3.35. The molecular weight excluding hydrogens is 370 g/mol. The molecule has 6 nitrogen and oxygen atoms in total. The number of benzene rings is 1. The van der Waals surface area contributed by atoms with E-state index in [1.165, 1.54) is 0 Å². The van der Waals surface area contributed by atoms with Crippen LogP contribution >= 0.6 is 15.9 Å². The predicted octanol–water partition coefficient (Wildman–Crippen LogP) is 1.36. The number of anilines is 1. The molecular formula is C14H18BrN3O3S. The molecule has 1 fully saturated rings. The van der Waals surface area contributed by atoms with Gasteiger partial charge < -0.3 is 10.6 Å². The van der Waals surface area contributed by atoms with Crippen molar-refractivity contribution in [1.29, 1.82) is 0 Å². The van der Waals surface area contributed by atoms with Gasteiger partial charge in [0.1, 0.15) is 0 Å². The first-order valence-electron chi connectivity index (χ1n) is 7.31. The Morgan fingerprint density at radius 2 is 1.91 bits per heavy atom. The lowest BCUT2D eigenvalue weighted by Gasteiger charge is -2.24. The van der Waals surface area contributed by atoms with Crippen LogP contribution in [0.1, 0.15) is 24.8 Å². The average Bonchev–Trinajstić information content (AvgIpc) is 2.47. The van der Waals surface area contributed by atoms with Gasteiger partial charge in [-0.1, -0.05) is 0 Å². The van der Waals surface area contributed by atoms with Crippen LogP contribution in [0, 0.1) is 0 Å². The molecule has 2 heterocycles. The Labute approximate surface area is 138 Å². The Balaban J connectivity index is 1.89. The van der Waals surface area contributed by atoms with Crippen molar-refractivity contribution in [1.82, 2.24) is 10.0 Å². The molecule has 0 aliphatic carbocycles. The van der Waals surface area contributed by atoms with Crippen LogP contribution < -0.4 is 15.4 Å². The lowest BCUT2D eigenvalue weighted by Crippen LogP contribution is -2.42. The number of hydrogen-bond acceptors (Lipinski definition) is 4. The van der Waals surface area contributed by atoms with Gasteiger partial charge in [-0.05, 0) is 66.0 Å². The van der Waals surface area contributed by atoms with Gasteiger partial charge in [-0.2, -0.15) is 0 Å². The third-order valence-electron chi connectivity index (χ3n) is 4.00. The summed E-state index contributed by atoms with van der Waals surface area (Å²) in [6.45, 7) is 1.63. The number of carbonyl (C=O) groups is 1. The van der Waals surface area contributed by atoms with E-state index in [0.29, 0.717) is 23.0 Å². The minimum atomic E-state index is -3.62. The van der Waals surface area contributed by atoms with E-state index in [0.717, 1.165) is 31.5 Å². The lowest BCUT2D eigenvalue weighted by atomic mass is 10.0. The van der Waals surface area contributed by atoms with Crippen LogP contribution in [0.4, 0.5) is 5.69 Å². The number of rotatable bonds is 3. The van der Waals surface area contributed by atoms with Crippen LogP contribution in [-0.2, 0) is 21.2 Å². The van der Waals surface area contributed by atoms with Crippen LogP contribution in [0.25, 0.3) is 0 Å². The summed E-state index contributed by atoms with van der Waals surface area (Å²) in [5.74, 6) is -0.0792. The first-order valence-corrected chi connectivity index (χ1v) is 9.58. The zero-order valence-electron chi connectivity index (χ0n) is 12.0. The number of aryl methyl sites for hydroxylation is 1. The van der Waals surface area contributed by atoms with E-state index >= 15 is 0 Å². The molecule has 0 radical (unpaired) electrons. The van der Waals surface area contributed by atoms with E-state index in [1.54, 1.807) is 12.1 Å². The van der Waals surface area contributed by atoms with Crippen molar-refractivity contribution >= 4 is 37.5 Å². The molecule has 1 saturated heterocycles. The van der Waals surface area contributed by atoms with Crippen molar-refractivity contribution in [3.63, 3.8) is 0 Å². The summed E-state index contributed by atoms with van der Waals surface area (Å²) in [6, 6.07) is 3.27. The highest BCUT2D eigenvalue weighted by Gasteiger charge is 2.26. The van der Waals surface area contributed by atoms with Gasteiger partial charge in [-0.25, -0.2) is 13.1 Å². The van der Waals surface area contributed by atoms with Crippen LogP contribution in [0.2, 0.25) is 0 Å². The molecule has 0 saturated carbocycles. The zero-order valence-corrected chi connectivity index (χ0v) is 14.4. The Hall–Kier alpha value is -0.960. The fraction of sp³-hybridized carbons (Fsp3) is 0.500. The average molecular weight is 388 g/mol. The second-order valence-corrected chi connectivity index (χ2v) is 8.17. The summed E-state index contributed by atoms with van der Waals surface area (Å²) in [6.07, 6.45) is 2.61. The van der Waals surface area contributed by atoms with Gasteiger partial charge in [0.05, 0.1) is 4.90 Å². The molecule has 0 aromatic heterocycles. The molecule has 22 heavy (non-hydrogen) atoms. The van der Waals surface area contributed by atoms with E-state index in [-0.39, 0.29) is 16.8 Å². The molecule has 1 amide bonds. The second-order valence-electron chi connectivity index (χ2n) is 5.63. The van der Waals surface area contributed by atoms with Gasteiger partial charge in [0.2, 0.25) is 15.9 Å². The summed E-state index contributed by atoms with van der Waals surface area (Å²) in [7, 11) is -3.62. The van der Waals surface area contributed by atoms with E-state index in [4.69, 9.17) is 0 Å². The van der Waals surface area contributed by atoms with Crippen LogP contribution in [0.3, 0.4) is 0 Å². The molecule has 1 aromatic carbocycles.